The third-order valence-corrected chi connectivity index (χ3v) is 3.80. The Morgan fingerprint density at radius 1 is 1.53 bits per heavy atom. The Kier molecular flexibility index (Phi) is 3.13. The maximum absolute atomic E-state index is 11.6. The van der Waals surface area contributed by atoms with Crippen molar-refractivity contribution in [3.8, 4) is 0 Å². The molecule has 0 aromatic carbocycles. The highest BCUT2D eigenvalue weighted by atomic mass is 32.1. The SMILES string of the molecule is Cc1ncsc1CNC(=O)c1cccs1. The number of aromatic nitrogens is 1. The van der Waals surface area contributed by atoms with E-state index >= 15 is 0 Å². The third-order valence-electron chi connectivity index (χ3n) is 2.00. The molecule has 3 nitrogen and oxygen atoms in total. The second kappa shape index (κ2) is 4.55. The summed E-state index contributed by atoms with van der Waals surface area (Å²) in [6.45, 7) is 2.51. The van der Waals surface area contributed by atoms with Gasteiger partial charge in [0.1, 0.15) is 0 Å². The van der Waals surface area contributed by atoms with Gasteiger partial charge in [-0.15, -0.1) is 22.7 Å². The highest BCUT2D eigenvalue weighted by Gasteiger charge is 2.07. The van der Waals surface area contributed by atoms with E-state index in [1.165, 1.54) is 11.3 Å². The van der Waals surface area contributed by atoms with Crippen LogP contribution in [0.1, 0.15) is 20.2 Å². The number of rotatable bonds is 3. The summed E-state index contributed by atoms with van der Waals surface area (Å²) in [5.41, 5.74) is 2.79. The summed E-state index contributed by atoms with van der Waals surface area (Å²) in [5, 5.41) is 4.77. The van der Waals surface area contributed by atoms with Gasteiger partial charge < -0.3 is 5.32 Å². The number of thiazole rings is 1. The molecule has 0 unspecified atom stereocenters. The van der Waals surface area contributed by atoms with Crippen molar-refractivity contribution in [2.45, 2.75) is 13.5 Å². The van der Waals surface area contributed by atoms with Gasteiger partial charge in [0, 0.05) is 4.88 Å². The Morgan fingerprint density at radius 2 is 2.40 bits per heavy atom. The monoisotopic (exact) mass is 238 g/mol. The molecule has 1 amide bonds. The fourth-order valence-corrected chi connectivity index (χ4v) is 2.51. The van der Waals surface area contributed by atoms with Gasteiger partial charge in [-0.05, 0) is 18.4 Å². The maximum Gasteiger partial charge on any atom is 0.261 e. The molecule has 0 bridgehead atoms. The van der Waals surface area contributed by atoms with Crippen LogP contribution in [-0.4, -0.2) is 10.9 Å². The minimum Gasteiger partial charge on any atom is -0.346 e. The molecule has 0 spiro atoms. The molecule has 0 aliphatic rings. The van der Waals surface area contributed by atoms with Crippen molar-refractivity contribution in [1.29, 1.82) is 0 Å². The van der Waals surface area contributed by atoms with Crippen LogP contribution in [0.3, 0.4) is 0 Å². The number of thiophene rings is 1. The summed E-state index contributed by atoms with van der Waals surface area (Å²) in [6, 6.07) is 3.69. The van der Waals surface area contributed by atoms with E-state index in [0.29, 0.717) is 6.54 Å². The normalized spacial score (nSPS) is 10.2. The van der Waals surface area contributed by atoms with Gasteiger partial charge in [-0.3, -0.25) is 4.79 Å². The quantitative estimate of drug-likeness (QED) is 0.892. The second-order valence-electron chi connectivity index (χ2n) is 3.02. The van der Waals surface area contributed by atoms with Crippen LogP contribution in [0, 0.1) is 6.92 Å². The van der Waals surface area contributed by atoms with E-state index in [4.69, 9.17) is 0 Å². The van der Waals surface area contributed by atoms with Gasteiger partial charge in [0.15, 0.2) is 0 Å². The van der Waals surface area contributed by atoms with E-state index in [2.05, 4.69) is 10.3 Å². The minimum absolute atomic E-state index is 0.0159. The average molecular weight is 238 g/mol. The molecule has 2 heterocycles. The van der Waals surface area contributed by atoms with Crippen LogP contribution in [0.15, 0.2) is 23.0 Å². The third kappa shape index (κ3) is 2.43. The first-order valence-electron chi connectivity index (χ1n) is 4.48. The summed E-state index contributed by atoms with van der Waals surface area (Å²) in [5.74, 6) is -0.0159. The Bertz CT molecular complexity index is 448. The largest absolute Gasteiger partial charge is 0.346 e. The van der Waals surface area contributed by atoms with Crippen LogP contribution >= 0.6 is 22.7 Å². The number of nitrogens with one attached hydrogen (secondary N) is 1. The predicted octanol–water partition coefficient (Wildman–Crippen LogP) is 2.44. The molecular formula is C10H10N2OS2. The predicted molar refractivity (Wildman–Crippen MR) is 62.3 cm³/mol. The number of carbonyl (C=O) groups is 1. The number of hydrogen-bond acceptors (Lipinski definition) is 4. The van der Waals surface area contributed by atoms with Crippen molar-refractivity contribution in [2.24, 2.45) is 0 Å². The van der Waals surface area contributed by atoms with Gasteiger partial charge in [-0.2, -0.15) is 0 Å². The molecule has 0 radical (unpaired) electrons. The van der Waals surface area contributed by atoms with Gasteiger partial charge in [0.25, 0.3) is 5.91 Å². The summed E-state index contributed by atoms with van der Waals surface area (Å²) in [6.07, 6.45) is 0. The van der Waals surface area contributed by atoms with Crippen molar-refractivity contribution >= 4 is 28.6 Å². The molecule has 2 aromatic heterocycles. The van der Waals surface area contributed by atoms with Gasteiger partial charge in [0.2, 0.25) is 0 Å². The zero-order valence-electron chi connectivity index (χ0n) is 8.19. The van der Waals surface area contributed by atoms with Gasteiger partial charge >= 0.3 is 0 Å². The second-order valence-corrected chi connectivity index (χ2v) is 4.91. The Balaban J connectivity index is 1.95. The van der Waals surface area contributed by atoms with E-state index in [1.807, 2.05) is 24.4 Å². The molecule has 2 rings (SSSR count). The highest BCUT2D eigenvalue weighted by Crippen LogP contribution is 2.12. The molecule has 2 aromatic rings. The number of amides is 1. The van der Waals surface area contributed by atoms with Crippen LogP contribution in [0.2, 0.25) is 0 Å². The maximum atomic E-state index is 11.6. The molecule has 0 fully saturated rings. The van der Waals surface area contributed by atoms with Crippen LogP contribution in [0.5, 0.6) is 0 Å². The lowest BCUT2D eigenvalue weighted by Gasteiger charge is -2.01. The Labute approximate surface area is 95.8 Å². The van der Waals surface area contributed by atoms with Crippen molar-refractivity contribution in [3.05, 3.63) is 38.5 Å². The molecule has 0 saturated heterocycles. The van der Waals surface area contributed by atoms with Crippen LogP contribution in [0.4, 0.5) is 0 Å². The summed E-state index contributed by atoms with van der Waals surface area (Å²) in [4.78, 5) is 17.6. The van der Waals surface area contributed by atoms with Crippen molar-refractivity contribution < 1.29 is 4.79 Å². The molecule has 5 heteroatoms. The molecule has 78 valence electrons. The summed E-state index contributed by atoms with van der Waals surface area (Å²) in [7, 11) is 0. The van der Waals surface area contributed by atoms with Crippen molar-refractivity contribution in [1.82, 2.24) is 10.3 Å². The molecule has 1 N–H and O–H groups in total. The van der Waals surface area contributed by atoms with E-state index in [-0.39, 0.29) is 5.91 Å². The zero-order chi connectivity index (χ0) is 10.7. The van der Waals surface area contributed by atoms with Crippen molar-refractivity contribution in [2.75, 3.05) is 0 Å². The van der Waals surface area contributed by atoms with Crippen LogP contribution in [-0.2, 0) is 6.54 Å². The first-order valence-corrected chi connectivity index (χ1v) is 6.24. The van der Waals surface area contributed by atoms with Crippen LogP contribution < -0.4 is 5.32 Å². The fraction of sp³-hybridized carbons (Fsp3) is 0.200. The Morgan fingerprint density at radius 3 is 3.00 bits per heavy atom. The number of hydrogen-bond donors (Lipinski definition) is 1. The molecule has 0 aliphatic heterocycles. The fourth-order valence-electron chi connectivity index (χ4n) is 1.15. The minimum atomic E-state index is -0.0159. The molecule has 15 heavy (non-hydrogen) atoms. The van der Waals surface area contributed by atoms with Crippen LogP contribution in [0.25, 0.3) is 0 Å². The summed E-state index contributed by atoms with van der Waals surface area (Å²) >= 11 is 3.01. The van der Waals surface area contributed by atoms with Gasteiger partial charge in [0.05, 0.1) is 22.6 Å². The lowest BCUT2D eigenvalue weighted by Crippen LogP contribution is -2.21. The molecular weight excluding hydrogens is 228 g/mol. The topological polar surface area (TPSA) is 42.0 Å². The number of carbonyl (C=O) groups excluding carboxylic acids is 1. The highest BCUT2D eigenvalue weighted by molar-refractivity contribution is 7.12. The molecule has 0 saturated carbocycles. The first kappa shape index (κ1) is 10.3. The number of aryl methyl sites for hydroxylation is 1. The van der Waals surface area contributed by atoms with E-state index in [9.17, 15) is 4.79 Å². The Hall–Kier alpha value is -1.20. The molecule has 0 atom stereocenters. The van der Waals surface area contributed by atoms with E-state index in [0.717, 1.165) is 15.4 Å². The molecule has 0 aliphatic carbocycles. The first-order chi connectivity index (χ1) is 7.27. The van der Waals surface area contributed by atoms with E-state index in [1.54, 1.807) is 16.8 Å². The zero-order valence-corrected chi connectivity index (χ0v) is 9.82. The van der Waals surface area contributed by atoms with E-state index < -0.39 is 0 Å². The standard InChI is InChI=1S/C10H10N2OS2/c1-7-9(15-6-12-7)5-11-10(13)8-3-2-4-14-8/h2-4,6H,5H2,1H3,(H,11,13). The lowest BCUT2D eigenvalue weighted by atomic mass is 10.4. The van der Waals surface area contributed by atoms with Gasteiger partial charge in [-0.1, -0.05) is 6.07 Å². The number of nitrogens with zero attached hydrogens (tertiary/aromatic N) is 1. The lowest BCUT2D eigenvalue weighted by molar-refractivity contribution is 0.0955. The summed E-state index contributed by atoms with van der Waals surface area (Å²) < 4.78 is 0. The average Bonchev–Trinajstić information content (AvgIpc) is 2.85. The van der Waals surface area contributed by atoms with Crippen molar-refractivity contribution in [3.63, 3.8) is 0 Å². The smallest absolute Gasteiger partial charge is 0.261 e. The van der Waals surface area contributed by atoms with Gasteiger partial charge in [-0.25, -0.2) is 4.98 Å².